The molecular weight excluding hydrogens is 222 g/mol. The quantitative estimate of drug-likeness (QED) is 0.572. The molecule has 0 radical (unpaired) electrons. The van der Waals surface area contributed by atoms with Crippen molar-refractivity contribution >= 4 is 11.9 Å². The predicted molar refractivity (Wildman–Crippen MR) is 60.3 cm³/mol. The van der Waals surface area contributed by atoms with Crippen LogP contribution in [0.15, 0.2) is 24.5 Å². The largest absolute Gasteiger partial charge is 0.462 e. The van der Waals surface area contributed by atoms with E-state index in [0.717, 1.165) is 0 Å². The van der Waals surface area contributed by atoms with Gasteiger partial charge in [0.05, 0.1) is 11.5 Å². The Hall–Kier alpha value is -1.91. The van der Waals surface area contributed by atoms with E-state index >= 15 is 0 Å². The van der Waals surface area contributed by atoms with E-state index in [1.165, 1.54) is 12.4 Å². The van der Waals surface area contributed by atoms with Gasteiger partial charge in [-0.3, -0.25) is 9.78 Å². The molecule has 0 fully saturated rings. The monoisotopic (exact) mass is 237 g/mol. The van der Waals surface area contributed by atoms with Crippen LogP contribution in [0.5, 0.6) is 0 Å². The van der Waals surface area contributed by atoms with Crippen LogP contribution in [-0.2, 0) is 14.3 Å². The number of rotatable bonds is 5. The summed E-state index contributed by atoms with van der Waals surface area (Å²) in [5.41, 5.74) is 0.426. The Balaban J connectivity index is 2.24. The standard InChI is InChI=1S/C12H15NO4/c1-9(2)11(14)16-7-8-17-12(15)10-3-5-13-6-4-10/h3-6,9H,7-8H2,1-2H3. The minimum Gasteiger partial charge on any atom is -0.462 e. The fourth-order valence-corrected chi connectivity index (χ4v) is 1.01. The van der Waals surface area contributed by atoms with E-state index in [4.69, 9.17) is 9.47 Å². The molecule has 0 aliphatic rings. The van der Waals surface area contributed by atoms with Crippen molar-refractivity contribution < 1.29 is 19.1 Å². The maximum atomic E-state index is 11.4. The minimum absolute atomic E-state index is 0.0552. The second-order valence-electron chi connectivity index (χ2n) is 3.69. The second kappa shape index (κ2) is 6.62. The van der Waals surface area contributed by atoms with E-state index in [1.54, 1.807) is 26.0 Å². The molecule has 1 aromatic heterocycles. The lowest BCUT2D eigenvalue weighted by molar-refractivity contribution is -0.148. The van der Waals surface area contributed by atoms with E-state index < -0.39 is 5.97 Å². The SMILES string of the molecule is CC(C)C(=O)OCCOC(=O)c1ccncc1. The number of hydrogen-bond donors (Lipinski definition) is 0. The molecular formula is C12H15NO4. The van der Waals surface area contributed by atoms with Gasteiger partial charge in [-0.15, -0.1) is 0 Å². The average molecular weight is 237 g/mol. The molecule has 0 spiro atoms. The first-order chi connectivity index (χ1) is 8.11. The molecule has 0 amide bonds. The Morgan fingerprint density at radius 1 is 1.18 bits per heavy atom. The molecule has 1 heterocycles. The van der Waals surface area contributed by atoms with Crippen molar-refractivity contribution in [2.24, 2.45) is 5.92 Å². The number of ether oxygens (including phenoxy) is 2. The number of carbonyl (C=O) groups is 2. The molecule has 1 aromatic rings. The first kappa shape index (κ1) is 13.2. The average Bonchev–Trinajstić information content (AvgIpc) is 2.35. The molecule has 0 saturated heterocycles. The van der Waals surface area contributed by atoms with Crippen molar-refractivity contribution in [3.05, 3.63) is 30.1 Å². The lowest BCUT2D eigenvalue weighted by Gasteiger charge is -2.07. The van der Waals surface area contributed by atoms with Crippen LogP contribution in [0.4, 0.5) is 0 Å². The Morgan fingerprint density at radius 2 is 1.76 bits per heavy atom. The lowest BCUT2D eigenvalue weighted by atomic mass is 10.2. The molecule has 0 aliphatic carbocycles. The number of nitrogens with zero attached hydrogens (tertiary/aromatic N) is 1. The van der Waals surface area contributed by atoms with Crippen LogP contribution in [-0.4, -0.2) is 30.1 Å². The molecule has 92 valence electrons. The zero-order valence-electron chi connectivity index (χ0n) is 9.88. The molecule has 0 aromatic carbocycles. The van der Waals surface area contributed by atoms with Gasteiger partial charge in [-0.2, -0.15) is 0 Å². The van der Waals surface area contributed by atoms with Gasteiger partial charge in [-0.25, -0.2) is 4.79 Å². The molecule has 5 nitrogen and oxygen atoms in total. The Labute approximate surface area is 99.8 Å². The smallest absolute Gasteiger partial charge is 0.338 e. The van der Waals surface area contributed by atoms with Gasteiger partial charge >= 0.3 is 11.9 Å². The summed E-state index contributed by atoms with van der Waals surface area (Å²) >= 11 is 0. The lowest BCUT2D eigenvalue weighted by Crippen LogP contribution is -2.17. The minimum atomic E-state index is -0.451. The summed E-state index contributed by atoms with van der Waals surface area (Å²) in [5.74, 6) is -0.927. The zero-order valence-corrected chi connectivity index (χ0v) is 9.88. The molecule has 1 rings (SSSR count). The Bertz CT molecular complexity index is 375. The topological polar surface area (TPSA) is 65.5 Å². The maximum Gasteiger partial charge on any atom is 0.338 e. The van der Waals surface area contributed by atoms with Crippen LogP contribution in [0.2, 0.25) is 0 Å². The van der Waals surface area contributed by atoms with Crippen molar-refractivity contribution in [1.82, 2.24) is 4.98 Å². The summed E-state index contributed by atoms with van der Waals surface area (Å²) in [7, 11) is 0. The highest BCUT2D eigenvalue weighted by Crippen LogP contribution is 2.00. The number of hydrogen-bond acceptors (Lipinski definition) is 5. The van der Waals surface area contributed by atoms with Crippen molar-refractivity contribution in [3.8, 4) is 0 Å². The van der Waals surface area contributed by atoms with Gasteiger partial charge in [0, 0.05) is 12.4 Å². The Morgan fingerprint density at radius 3 is 2.35 bits per heavy atom. The van der Waals surface area contributed by atoms with Gasteiger partial charge in [0.15, 0.2) is 0 Å². The number of pyridine rings is 1. The Kier molecular flexibility index (Phi) is 5.13. The van der Waals surface area contributed by atoms with E-state index in [1.807, 2.05) is 0 Å². The summed E-state index contributed by atoms with van der Waals surface area (Å²) in [4.78, 5) is 26.3. The molecule has 17 heavy (non-hydrogen) atoms. The summed E-state index contributed by atoms with van der Waals surface area (Å²) in [6, 6.07) is 3.12. The molecule has 5 heteroatoms. The molecule has 0 atom stereocenters. The van der Waals surface area contributed by atoms with Crippen molar-refractivity contribution in [2.75, 3.05) is 13.2 Å². The highest BCUT2D eigenvalue weighted by atomic mass is 16.6. The molecule has 0 aliphatic heterocycles. The highest BCUT2D eigenvalue weighted by molar-refractivity contribution is 5.89. The first-order valence-electron chi connectivity index (χ1n) is 5.35. The predicted octanol–water partition coefficient (Wildman–Crippen LogP) is 1.44. The summed E-state index contributed by atoms with van der Waals surface area (Å²) in [6.07, 6.45) is 3.02. The third kappa shape index (κ3) is 4.63. The van der Waals surface area contributed by atoms with Gasteiger partial charge < -0.3 is 9.47 Å². The van der Waals surface area contributed by atoms with Crippen molar-refractivity contribution in [3.63, 3.8) is 0 Å². The van der Waals surface area contributed by atoms with Crippen molar-refractivity contribution in [1.29, 1.82) is 0 Å². The van der Waals surface area contributed by atoms with Crippen LogP contribution in [0.25, 0.3) is 0 Å². The van der Waals surface area contributed by atoms with E-state index in [9.17, 15) is 9.59 Å². The summed E-state index contributed by atoms with van der Waals surface area (Å²) in [5, 5.41) is 0. The van der Waals surface area contributed by atoms with Gasteiger partial charge in [-0.05, 0) is 12.1 Å². The van der Waals surface area contributed by atoms with Crippen LogP contribution in [0, 0.1) is 5.92 Å². The van der Waals surface area contributed by atoms with Crippen LogP contribution < -0.4 is 0 Å². The van der Waals surface area contributed by atoms with Gasteiger partial charge in [0.2, 0.25) is 0 Å². The zero-order chi connectivity index (χ0) is 12.7. The summed E-state index contributed by atoms with van der Waals surface area (Å²) in [6.45, 7) is 3.62. The summed E-state index contributed by atoms with van der Waals surface area (Å²) < 4.78 is 9.78. The van der Waals surface area contributed by atoms with E-state index in [-0.39, 0.29) is 25.1 Å². The number of aromatic nitrogens is 1. The third-order valence-electron chi connectivity index (χ3n) is 1.95. The van der Waals surface area contributed by atoms with Crippen LogP contribution >= 0.6 is 0 Å². The fourth-order valence-electron chi connectivity index (χ4n) is 1.01. The van der Waals surface area contributed by atoms with Crippen LogP contribution in [0.3, 0.4) is 0 Å². The number of carbonyl (C=O) groups excluding carboxylic acids is 2. The van der Waals surface area contributed by atoms with Crippen LogP contribution in [0.1, 0.15) is 24.2 Å². The van der Waals surface area contributed by atoms with Gasteiger partial charge in [0.1, 0.15) is 13.2 Å². The first-order valence-corrected chi connectivity index (χ1v) is 5.35. The molecule has 0 N–H and O–H groups in total. The maximum absolute atomic E-state index is 11.4. The van der Waals surface area contributed by atoms with Crippen molar-refractivity contribution in [2.45, 2.75) is 13.8 Å². The second-order valence-corrected chi connectivity index (χ2v) is 3.69. The fraction of sp³-hybridized carbons (Fsp3) is 0.417. The number of esters is 2. The molecule has 0 saturated carbocycles. The van der Waals surface area contributed by atoms with Gasteiger partial charge in [0.25, 0.3) is 0 Å². The highest BCUT2D eigenvalue weighted by Gasteiger charge is 2.09. The molecule has 0 unspecified atom stereocenters. The van der Waals surface area contributed by atoms with E-state index in [2.05, 4.69) is 4.98 Å². The normalized spacial score (nSPS) is 10.1. The van der Waals surface area contributed by atoms with Gasteiger partial charge in [-0.1, -0.05) is 13.8 Å². The third-order valence-corrected chi connectivity index (χ3v) is 1.95. The van der Waals surface area contributed by atoms with E-state index in [0.29, 0.717) is 5.56 Å². The molecule has 0 bridgehead atoms.